The van der Waals surface area contributed by atoms with Gasteiger partial charge in [-0.1, -0.05) is 31.4 Å². The number of hydrogen-bond acceptors (Lipinski definition) is 3. The first kappa shape index (κ1) is 20.6. The second-order valence-corrected chi connectivity index (χ2v) is 9.19. The molecule has 2 N–H and O–H groups in total. The summed E-state index contributed by atoms with van der Waals surface area (Å²) in [5.41, 5.74) is 0.411. The number of carbonyl (C=O) groups is 1. The van der Waals surface area contributed by atoms with E-state index < -0.39 is 15.8 Å². The zero-order chi connectivity index (χ0) is 20.3. The van der Waals surface area contributed by atoms with Gasteiger partial charge in [-0.15, -0.1) is 0 Å². The Morgan fingerprint density at radius 2 is 1.79 bits per heavy atom. The van der Waals surface area contributed by atoms with Gasteiger partial charge in [0.05, 0.1) is 15.6 Å². The van der Waals surface area contributed by atoms with E-state index in [2.05, 4.69) is 17.0 Å². The molecule has 5 nitrogen and oxygen atoms in total. The van der Waals surface area contributed by atoms with Crippen molar-refractivity contribution in [3.05, 3.63) is 58.9 Å². The molecule has 2 atom stereocenters. The third-order valence-corrected chi connectivity index (χ3v) is 6.74. The Morgan fingerprint density at radius 1 is 1.11 bits per heavy atom. The third-order valence-electron chi connectivity index (χ3n) is 5.02. The van der Waals surface area contributed by atoms with Crippen molar-refractivity contribution in [1.29, 1.82) is 0 Å². The van der Waals surface area contributed by atoms with Crippen LogP contribution < -0.4 is 10.0 Å². The Balaban J connectivity index is 1.79. The quantitative estimate of drug-likeness (QED) is 0.737. The number of carbonyl (C=O) groups excluding carboxylic acids is 1. The Labute approximate surface area is 169 Å². The summed E-state index contributed by atoms with van der Waals surface area (Å²) >= 11 is 6.12. The summed E-state index contributed by atoms with van der Waals surface area (Å²) < 4.78 is 40.4. The van der Waals surface area contributed by atoms with E-state index in [1.807, 2.05) is 0 Å². The lowest BCUT2D eigenvalue weighted by Gasteiger charge is -2.29. The van der Waals surface area contributed by atoms with Gasteiger partial charge < -0.3 is 5.32 Å². The van der Waals surface area contributed by atoms with Gasteiger partial charge in [0, 0.05) is 11.6 Å². The lowest BCUT2D eigenvalue weighted by Crippen LogP contribution is -2.41. The second-order valence-electron chi connectivity index (χ2n) is 7.10. The van der Waals surface area contributed by atoms with Crippen LogP contribution in [0.2, 0.25) is 5.02 Å². The van der Waals surface area contributed by atoms with Crippen molar-refractivity contribution in [1.82, 2.24) is 5.32 Å². The zero-order valence-electron chi connectivity index (χ0n) is 15.4. The van der Waals surface area contributed by atoms with Crippen LogP contribution >= 0.6 is 11.6 Å². The van der Waals surface area contributed by atoms with Gasteiger partial charge in [0.25, 0.3) is 15.9 Å². The summed E-state index contributed by atoms with van der Waals surface area (Å²) in [4.78, 5) is 12.5. The highest BCUT2D eigenvalue weighted by molar-refractivity contribution is 7.92. The number of hydrogen-bond donors (Lipinski definition) is 2. The van der Waals surface area contributed by atoms with Crippen LogP contribution in [-0.2, 0) is 10.0 Å². The fourth-order valence-corrected chi connectivity index (χ4v) is 4.64. The predicted molar refractivity (Wildman–Crippen MR) is 108 cm³/mol. The summed E-state index contributed by atoms with van der Waals surface area (Å²) in [6, 6.07) is 8.99. The highest BCUT2D eigenvalue weighted by Gasteiger charge is 2.24. The first-order valence-corrected chi connectivity index (χ1v) is 11.0. The highest BCUT2D eigenvalue weighted by Crippen LogP contribution is 2.27. The number of benzene rings is 2. The van der Waals surface area contributed by atoms with Gasteiger partial charge in [-0.25, -0.2) is 12.8 Å². The maximum Gasteiger partial charge on any atom is 0.261 e. The van der Waals surface area contributed by atoms with Crippen molar-refractivity contribution in [2.45, 2.75) is 43.5 Å². The van der Waals surface area contributed by atoms with E-state index >= 15 is 0 Å². The topological polar surface area (TPSA) is 75.3 Å². The van der Waals surface area contributed by atoms with Crippen molar-refractivity contribution >= 4 is 33.2 Å². The van der Waals surface area contributed by atoms with Gasteiger partial charge >= 0.3 is 0 Å². The van der Waals surface area contributed by atoms with E-state index in [0.717, 1.165) is 43.5 Å². The third kappa shape index (κ3) is 4.83. The zero-order valence-corrected chi connectivity index (χ0v) is 17.0. The Kier molecular flexibility index (Phi) is 6.25. The van der Waals surface area contributed by atoms with Crippen molar-refractivity contribution in [2.24, 2.45) is 5.92 Å². The monoisotopic (exact) mass is 424 g/mol. The Bertz CT molecular complexity index is 964. The minimum Gasteiger partial charge on any atom is -0.349 e. The second kappa shape index (κ2) is 8.49. The van der Waals surface area contributed by atoms with Gasteiger partial charge in [0.15, 0.2) is 0 Å². The van der Waals surface area contributed by atoms with Crippen LogP contribution in [0.3, 0.4) is 0 Å². The maximum absolute atomic E-state index is 13.0. The molecule has 1 fully saturated rings. The van der Waals surface area contributed by atoms with Crippen LogP contribution in [0.5, 0.6) is 0 Å². The Hall–Kier alpha value is -2.12. The van der Waals surface area contributed by atoms with Crippen molar-refractivity contribution in [3.8, 4) is 0 Å². The molecule has 2 aromatic carbocycles. The highest BCUT2D eigenvalue weighted by atomic mass is 35.5. The van der Waals surface area contributed by atoms with Gasteiger partial charge in [0.1, 0.15) is 5.82 Å². The number of amides is 1. The number of nitrogens with one attached hydrogen (secondary N) is 2. The lowest BCUT2D eigenvalue weighted by atomic mass is 9.86. The SMILES string of the molecule is CC1CCCCC1NC(=O)c1ccc(Cl)c(NS(=O)(=O)c2ccc(F)cc2)c1. The van der Waals surface area contributed by atoms with E-state index in [1.165, 1.54) is 18.6 Å². The fourth-order valence-electron chi connectivity index (χ4n) is 3.34. The molecule has 2 unspecified atom stereocenters. The van der Waals surface area contributed by atoms with E-state index in [-0.39, 0.29) is 27.6 Å². The fraction of sp³-hybridized carbons (Fsp3) is 0.350. The molecule has 1 amide bonds. The van der Waals surface area contributed by atoms with E-state index in [4.69, 9.17) is 11.6 Å². The van der Waals surface area contributed by atoms with Gasteiger partial charge in [0.2, 0.25) is 0 Å². The molecule has 1 aliphatic rings. The smallest absolute Gasteiger partial charge is 0.261 e. The number of anilines is 1. The predicted octanol–water partition coefficient (Wildman–Crippen LogP) is 4.59. The van der Waals surface area contributed by atoms with Crippen LogP contribution in [0.1, 0.15) is 43.0 Å². The number of halogens is 2. The number of sulfonamides is 1. The van der Waals surface area contributed by atoms with Crippen LogP contribution in [-0.4, -0.2) is 20.4 Å². The molecule has 3 rings (SSSR count). The van der Waals surface area contributed by atoms with Gasteiger partial charge in [-0.05, 0) is 61.2 Å². The van der Waals surface area contributed by atoms with E-state index in [0.29, 0.717) is 11.5 Å². The molecule has 8 heteroatoms. The summed E-state index contributed by atoms with van der Waals surface area (Å²) in [7, 11) is -3.96. The van der Waals surface area contributed by atoms with Crippen LogP contribution in [0, 0.1) is 11.7 Å². The first-order valence-electron chi connectivity index (χ1n) is 9.15. The largest absolute Gasteiger partial charge is 0.349 e. The Morgan fingerprint density at radius 3 is 2.46 bits per heavy atom. The molecular formula is C20H22ClFN2O3S. The van der Waals surface area contributed by atoms with Gasteiger partial charge in [-0.3, -0.25) is 9.52 Å². The molecule has 1 aliphatic carbocycles. The number of rotatable bonds is 5. The summed E-state index contributed by atoms with van der Waals surface area (Å²) in [6.07, 6.45) is 4.27. The average molecular weight is 425 g/mol. The normalized spacial score (nSPS) is 19.8. The molecule has 0 saturated heterocycles. The van der Waals surface area contributed by atoms with Crippen LogP contribution in [0.15, 0.2) is 47.4 Å². The van der Waals surface area contributed by atoms with Crippen molar-refractivity contribution < 1.29 is 17.6 Å². The van der Waals surface area contributed by atoms with Crippen LogP contribution in [0.25, 0.3) is 0 Å². The molecule has 150 valence electrons. The van der Waals surface area contributed by atoms with Crippen molar-refractivity contribution in [2.75, 3.05) is 4.72 Å². The van der Waals surface area contributed by atoms with E-state index in [9.17, 15) is 17.6 Å². The maximum atomic E-state index is 13.0. The van der Waals surface area contributed by atoms with Crippen molar-refractivity contribution in [3.63, 3.8) is 0 Å². The molecule has 0 spiro atoms. The molecule has 2 aromatic rings. The molecule has 0 radical (unpaired) electrons. The molecule has 1 saturated carbocycles. The first-order chi connectivity index (χ1) is 13.3. The summed E-state index contributed by atoms with van der Waals surface area (Å²) in [5.74, 6) is -0.397. The molecular weight excluding hydrogens is 403 g/mol. The summed E-state index contributed by atoms with van der Waals surface area (Å²) in [6.45, 7) is 2.12. The molecule has 0 aliphatic heterocycles. The molecule has 0 bridgehead atoms. The minimum atomic E-state index is -3.96. The van der Waals surface area contributed by atoms with E-state index in [1.54, 1.807) is 6.07 Å². The standard InChI is InChI=1S/C20H22ClFN2O3S/c1-13-4-2-3-5-18(13)23-20(25)14-6-11-17(21)19(12-14)24-28(26,27)16-9-7-15(22)8-10-16/h6-13,18,24H,2-5H2,1H3,(H,23,25). The molecule has 0 heterocycles. The minimum absolute atomic E-state index is 0.0929. The molecule has 0 aromatic heterocycles. The summed E-state index contributed by atoms with van der Waals surface area (Å²) in [5, 5.41) is 3.19. The van der Waals surface area contributed by atoms with Crippen LogP contribution in [0.4, 0.5) is 10.1 Å². The average Bonchev–Trinajstić information content (AvgIpc) is 2.65. The lowest BCUT2D eigenvalue weighted by molar-refractivity contribution is 0.0910. The van der Waals surface area contributed by atoms with Gasteiger partial charge in [-0.2, -0.15) is 0 Å². The molecule has 28 heavy (non-hydrogen) atoms.